The molecule has 0 aliphatic rings. The quantitative estimate of drug-likeness (QED) is 0.539. The molecule has 0 aliphatic heterocycles. The van der Waals surface area contributed by atoms with Crippen molar-refractivity contribution in [3.05, 3.63) is 47.5 Å². The second-order valence-corrected chi connectivity index (χ2v) is 4.44. The van der Waals surface area contributed by atoms with Gasteiger partial charge in [0.25, 0.3) is 0 Å². The molecule has 0 aliphatic carbocycles. The summed E-state index contributed by atoms with van der Waals surface area (Å²) in [6, 6.07) is 8.40. The number of ether oxygens (including phenoxy) is 2. The van der Waals surface area contributed by atoms with Crippen LogP contribution in [0, 0.1) is 0 Å². The van der Waals surface area contributed by atoms with Gasteiger partial charge in [0.2, 0.25) is 0 Å². The fourth-order valence-corrected chi connectivity index (χ4v) is 1.62. The lowest BCUT2D eigenvalue weighted by Crippen LogP contribution is -2.19. The van der Waals surface area contributed by atoms with Crippen molar-refractivity contribution in [1.82, 2.24) is 5.32 Å². The molecule has 0 amide bonds. The minimum Gasteiger partial charge on any atom is -0.380 e. The molecule has 0 fully saturated rings. The van der Waals surface area contributed by atoms with Gasteiger partial charge in [0.1, 0.15) is 0 Å². The van der Waals surface area contributed by atoms with Gasteiger partial charge in [-0.25, -0.2) is 0 Å². The highest BCUT2D eigenvalue weighted by atomic mass is 16.5. The lowest BCUT2D eigenvalue weighted by atomic mass is 10.1. The molecule has 1 aromatic rings. The van der Waals surface area contributed by atoms with E-state index in [1.807, 2.05) is 6.92 Å². The molecule has 3 heteroatoms. The zero-order valence-electron chi connectivity index (χ0n) is 11.4. The van der Waals surface area contributed by atoms with Crippen LogP contribution >= 0.6 is 0 Å². The summed E-state index contributed by atoms with van der Waals surface area (Å²) in [5, 5.41) is 3.35. The van der Waals surface area contributed by atoms with E-state index in [-0.39, 0.29) is 0 Å². The first-order valence-corrected chi connectivity index (χ1v) is 6.22. The Bertz CT molecular complexity index is 363. The second kappa shape index (κ2) is 8.86. The highest BCUT2D eigenvalue weighted by Crippen LogP contribution is 2.05. The van der Waals surface area contributed by atoms with Gasteiger partial charge >= 0.3 is 0 Å². The van der Waals surface area contributed by atoms with Crippen LogP contribution in [0.1, 0.15) is 18.1 Å². The predicted octanol–water partition coefficient (Wildman–Crippen LogP) is 2.52. The van der Waals surface area contributed by atoms with Crippen LogP contribution < -0.4 is 5.32 Å². The molecular formula is C15H23NO2. The van der Waals surface area contributed by atoms with Crippen molar-refractivity contribution in [3.8, 4) is 0 Å². The first-order chi connectivity index (χ1) is 8.72. The van der Waals surface area contributed by atoms with E-state index in [9.17, 15) is 0 Å². The maximum absolute atomic E-state index is 5.41. The fourth-order valence-electron chi connectivity index (χ4n) is 1.62. The summed E-state index contributed by atoms with van der Waals surface area (Å²) in [6.45, 7) is 9.48. The summed E-state index contributed by atoms with van der Waals surface area (Å²) in [6.07, 6.45) is 0. The second-order valence-electron chi connectivity index (χ2n) is 4.44. The van der Waals surface area contributed by atoms with Crippen LogP contribution in [0.3, 0.4) is 0 Å². The molecule has 100 valence electrons. The lowest BCUT2D eigenvalue weighted by molar-refractivity contribution is 0.157. The molecule has 0 bridgehead atoms. The Morgan fingerprint density at radius 1 is 1.33 bits per heavy atom. The van der Waals surface area contributed by atoms with Gasteiger partial charge in [-0.3, -0.25) is 0 Å². The van der Waals surface area contributed by atoms with E-state index < -0.39 is 0 Å². The summed E-state index contributed by atoms with van der Waals surface area (Å²) in [7, 11) is 1.71. The zero-order chi connectivity index (χ0) is 13.2. The van der Waals surface area contributed by atoms with Crippen LogP contribution in [0.5, 0.6) is 0 Å². The van der Waals surface area contributed by atoms with Crippen LogP contribution in [-0.2, 0) is 22.6 Å². The minimum absolute atomic E-state index is 0.644. The first-order valence-electron chi connectivity index (χ1n) is 6.22. The number of hydrogen-bond acceptors (Lipinski definition) is 3. The maximum Gasteiger partial charge on any atom is 0.0713 e. The van der Waals surface area contributed by atoms with Gasteiger partial charge in [-0.15, -0.1) is 0 Å². The van der Waals surface area contributed by atoms with E-state index >= 15 is 0 Å². The Morgan fingerprint density at radius 3 is 2.83 bits per heavy atom. The van der Waals surface area contributed by atoms with E-state index in [1.165, 1.54) is 11.1 Å². The SMILES string of the molecule is C=C(C)COCCNCc1cccc(COC)c1. The van der Waals surface area contributed by atoms with Crippen molar-refractivity contribution in [1.29, 1.82) is 0 Å². The van der Waals surface area contributed by atoms with Gasteiger partial charge in [-0.1, -0.05) is 36.4 Å². The van der Waals surface area contributed by atoms with Crippen LogP contribution in [0.2, 0.25) is 0 Å². The zero-order valence-corrected chi connectivity index (χ0v) is 11.4. The van der Waals surface area contributed by atoms with Crippen molar-refractivity contribution >= 4 is 0 Å². The van der Waals surface area contributed by atoms with E-state index in [2.05, 4.69) is 36.2 Å². The van der Waals surface area contributed by atoms with Crippen molar-refractivity contribution in [2.24, 2.45) is 0 Å². The number of methoxy groups -OCH3 is 1. The third kappa shape index (κ3) is 6.55. The smallest absolute Gasteiger partial charge is 0.0713 e. The monoisotopic (exact) mass is 249 g/mol. The standard InChI is InChI=1S/C15H23NO2/c1-13(2)11-18-8-7-16-10-14-5-4-6-15(9-14)12-17-3/h4-6,9,16H,1,7-8,10-12H2,2-3H3. The summed E-state index contributed by atoms with van der Waals surface area (Å²) >= 11 is 0. The molecule has 0 unspecified atom stereocenters. The van der Waals surface area contributed by atoms with E-state index in [4.69, 9.17) is 9.47 Å². The topological polar surface area (TPSA) is 30.5 Å². The molecule has 1 aromatic carbocycles. The maximum atomic E-state index is 5.41. The molecule has 0 saturated carbocycles. The average molecular weight is 249 g/mol. The van der Waals surface area contributed by atoms with Crippen LogP contribution in [0.25, 0.3) is 0 Å². The Balaban J connectivity index is 2.18. The molecule has 0 spiro atoms. The van der Waals surface area contributed by atoms with Gasteiger partial charge in [-0.2, -0.15) is 0 Å². The van der Waals surface area contributed by atoms with E-state index in [0.717, 1.165) is 18.7 Å². The number of nitrogens with one attached hydrogen (secondary N) is 1. The van der Waals surface area contributed by atoms with E-state index in [0.29, 0.717) is 19.8 Å². The number of hydrogen-bond donors (Lipinski definition) is 1. The predicted molar refractivity (Wildman–Crippen MR) is 74.5 cm³/mol. The third-order valence-electron chi connectivity index (χ3n) is 2.40. The Kier molecular flexibility index (Phi) is 7.34. The number of rotatable bonds is 9. The molecule has 1 rings (SSSR count). The molecule has 0 aromatic heterocycles. The Hall–Kier alpha value is -1.16. The molecule has 0 atom stereocenters. The van der Waals surface area contributed by atoms with Gasteiger partial charge in [-0.05, 0) is 18.1 Å². The molecule has 0 heterocycles. The third-order valence-corrected chi connectivity index (χ3v) is 2.40. The minimum atomic E-state index is 0.644. The van der Waals surface area contributed by atoms with Crippen LogP contribution in [0.15, 0.2) is 36.4 Å². The molecule has 18 heavy (non-hydrogen) atoms. The van der Waals surface area contributed by atoms with Crippen molar-refractivity contribution in [2.45, 2.75) is 20.1 Å². The van der Waals surface area contributed by atoms with Gasteiger partial charge in [0.05, 0.1) is 19.8 Å². The highest BCUT2D eigenvalue weighted by Gasteiger charge is 1.96. The number of benzene rings is 1. The van der Waals surface area contributed by atoms with Gasteiger partial charge < -0.3 is 14.8 Å². The molecule has 0 saturated heterocycles. The van der Waals surface area contributed by atoms with Crippen molar-refractivity contribution in [2.75, 3.05) is 26.9 Å². The fraction of sp³-hybridized carbons (Fsp3) is 0.467. The van der Waals surface area contributed by atoms with Crippen LogP contribution in [-0.4, -0.2) is 26.9 Å². The summed E-state index contributed by atoms with van der Waals surface area (Å²) in [5.74, 6) is 0. The van der Waals surface area contributed by atoms with Gasteiger partial charge in [0.15, 0.2) is 0 Å². The normalized spacial score (nSPS) is 10.6. The summed E-state index contributed by atoms with van der Waals surface area (Å²) in [5.41, 5.74) is 3.53. The lowest BCUT2D eigenvalue weighted by Gasteiger charge is -2.07. The summed E-state index contributed by atoms with van der Waals surface area (Å²) < 4.78 is 10.5. The van der Waals surface area contributed by atoms with Crippen molar-refractivity contribution in [3.63, 3.8) is 0 Å². The van der Waals surface area contributed by atoms with E-state index in [1.54, 1.807) is 7.11 Å². The average Bonchev–Trinajstić information content (AvgIpc) is 2.34. The molecule has 0 radical (unpaired) electrons. The first kappa shape index (κ1) is 14.9. The van der Waals surface area contributed by atoms with Gasteiger partial charge in [0, 0.05) is 20.2 Å². The van der Waals surface area contributed by atoms with Crippen molar-refractivity contribution < 1.29 is 9.47 Å². The van der Waals surface area contributed by atoms with Crippen LogP contribution in [0.4, 0.5) is 0 Å². The molecular weight excluding hydrogens is 226 g/mol. The molecule has 3 nitrogen and oxygen atoms in total. The Labute approximate surface area is 110 Å². The molecule has 1 N–H and O–H groups in total. The summed E-state index contributed by atoms with van der Waals surface area (Å²) in [4.78, 5) is 0. The Morgan fingerprint density at radius 2 is 2.11 bits per heavy atom. The highest BCUT2D eigenvalue weighted by molar-refractivity contribution is 5.22. The largest absolute Gasteiger partial charge is 0.380 e.